The first kappa shape index (κ1) is 26.4. The maximum absolute atomic E-state index is 12.6. The molecule has 194 valence electrons. The van der Waals surface area contributed by atoms with E-state index in [0.29, 0.717) is 28.0 Å². The summed E-state index contributed by atoms with van der Waals surface area (Å²) >= 11 is 13.7. The van der Waals surface area contributed by atoms with E-state index in [1.807, 2.05) is 78.2 Å². The second kappa shape index (κ2) is 12.6. The zero-order valence-electron chi connectivity index (χ0n) is 20.5. The highest BCUT2D eigenvalue weighted by Crippen LogP contribution is 2.27. The smallest absolute Gasteiger partial charge is 0.271 e. The Morgan fingerprint density at radius 1 is 0.949 bits per heavy atom. The number of thiazole rings is 1. The summed E-state index contributed by atoms with van der Waals surface area (Å²) in [5, 5.41) is 11.3. The molecule has 0 atom stereocenters. The predicted molar refractivity (Wildman–Crippen MR) is 160 cm³/mol. The van der Waals surface area contributed by atoms with Gasteiger partial charge in [0.25, 0.3) is 5.91 Å². The molecular weight excluding hydrogens is 551 g/mol. The van der Waals surface area contributed by atoms with Gasteiger partial charge in [-0.15, -0.1) is 11.3 Å². The van der Waals surface area contributed by atoms with Crippen molar-refractivity contribution >= 4 is 57.5 Å². The van der Waals surface area contributed by atoms with E-state index in [-0.39, 0.29) is 5.91 Å². The number of anilines is 2. The summed E-state index contributed by atoms with van der Waals surface area (Å²) in [4.78, 5) is 17.2. The number of carbonyl (C=O) groups is 1. The van der Waals surface area contributed by atoms with E-state index in [0.717, 1.165) is 33.2 Å². The lowest BCUT2D eigenvalue weighted by atomic mass is 10.1. The summed E-state index contributed by atoms with van der Waals surface area (Å²) in [7, 11) is 0. The molecule has 1 amide bonds. The second-order valence-electron chi connectivity index (χ2n) is 8.40. The highest BCUT2D eigenvalue weighted by molar-refractivity contribution is 7.14. The first-order valence-electron chi connectivity index (χ1n) is 11.9. The van der Waals surface area contributed by atoms with Gasteiger partial charge in [-0.1, -0.05) is 71.7 Å². The first-order valence-corrected chi connectivity index (χ1v) is 13.6. The Morgan fingerprint density at radius 2 is 1.77 bits per heavy atom. The summed E-state index contributed by atoms with van der Waals surface area (Å²) in [5.41, 5.74) is 7.40. The molecule has 5 rings (SSSR count). The molecule has 2 N–H and O–H groups in total. The van der Waals surface area contributed by atoms with Crippen LogP contribution in [0.3, 0.4) is 0 Å². The molecule has 0 aliphatic rings. The fourth-order valence-corrected chi connectivity index (χ4v) is 4.82. The van der Waals surface area contributed by atoms with E-state index in [9.17, 15) is 4.79 Å². The molecule has 0 bridgehead atoms. The number of aromatic nitrogens is 1. The van der Waals surface area contributed by atoms with Crippen LogP contribution >= 0.6 is 34.5 Å². The third-order valence-electron chi connectivity index (χ3n) is 5.62. The lowest BCUT2D eigenvalue weighted by molar-refractivity contribution is 0.0955. The molecule has 9 heteroatoms. The van der Waals surface area contributed by atoms with E-state index in [2.05, 4.69) is 20.8 Å². The number of amides is 1. The van der Waals surface area contributed by atoms with E-state index in [1.165, 1.54) is 11.3 Å². The van der Waals surface area contributed by atoms with Crippen LogP contribution in [0.15, 0.2) is 108 Å². The Hall–Kier alpha value is -4.17. The molecule has 0 unspecified atom stereocenters. The Labute approximate surface area is 239 Å². The van der Waals surface area contributed by atoms with E-state index in [1.54, 1.807) is 30.5 Å². The number of para-hydroxylation sites is 1. The van der Waals surface area contributed by atoms with Crippen LogP contribution in [0.2, 0.25) is 10.0 Å². The Balaban J connectivity index is 1.15. The summed E-state index contributed by atoms with van der Waals surface area (Å²) in [5.74, 6) is 0.336. The van der Waals surface area contributed by atoms with Crippen LogP contribution < -0.4 is 15.5 Å². The molecule has 0 fully saturated rings. The number of hydrogen-bond acceptors (Lipinski definition) is 6. The summed E-state index contributed by atoms with van der Waals surface area (Å²) in [6.45, 7) is 0.301. The number of rotatable bonds is 9. The maximum Gasteiger partial charge on any atom is 0.271 e. The quantitative estimate of drug-likeness (QED) is 0.138. The molecular formula is C30H22Cl2N4O2S. The fourth-order valence-electron chi connectivity index (χ4n) is 3.62. The van der Waals surface area contributed by atoms with Crippen LogP contribution in [0.25, 0.3) is 11.3 Å². The zero-order chi connectivity index (χ0) is 27.0. The van der Waals surface area contributed by atoms with Crippen molar-refractivity contribution in [3.05, 3.63) is 129 Å². The van der Waals surface area contributed by atoms with Crippen LogP contribution in [0.4, 0.5) is 10.8 Å². The van der Waals surface area contributed by atoms with Gasteiger partial charge in [-0.05, 0) is 54.1 Å². The largest absolute Gasteiger partial charge is 0.489 e. The predicted octanol–water partition coefficient (Wildman–Crippen LogP) is 8.20. The van der Waals surface area contributed by atoms with Crippen molar-refractivity contribution in [3.63, 3.8) is 0 Å². The summed E-state index contributed by atoms with van der Waals surface area (Å²) in [6, 6.07) is 29.8. The summed E-state index contributed by atoms with van der Waals surface area (Å²) < 4.78 is 5.84. The molecule has 0 aliphatic carbocycles. The van der Waals surface area contributed by atoms with E-state index < -0.39 is 0 Å². The second-order valence-corrected chi connectivity index (χ2v) is 10.1. The standard InChI is InChI=1S/C30H22Cl2N4O2S/c31-24-14-13-23(27(32)16-24)18-38-26-8-4-5-20(15-26)17-33-36-29(37)22-11-9-21(10-12-22)28-19-39-30(35-28)34-25-6-2-1-3-7-25/h1-17,19H,18H2,(H,34,35)(H,36,37)/b33-17-. The van der Waals surface area contributed by atoms with Gasteiger partial charge in [0.1, 0.15) is 12.4 Å². The molecule has 5 aromatic rings. The van der Waals surface area contributed by atoms with Crippen molar-refractivity contribution < 1.29 is 9.53 Å². The van der Waals surface area contributed by atoms with E-state index in [4.69, 9.17) is 27.9 Å². The number of hydrogen-bond donors (Lipinski definition) is 2. The van der Waals surface area contributed by atoms with Gasteiger partial charge < -0.3 is 10.1 Å². The van der Waals surface area contributed by atoms with Gasteiger partial charge in [-0.25, -0.2) is 10.4 Å². The Bertz CT molecular complexity index is 1610. The lowest BCUT2D eigenvalue weighted by Crippen LogP contribution is -2.17. The SMILES string of the molecule is O=C(N/N=C\c1cccc(OCc2ccc(Cl)cc2Cl)c1)c1ccc(-c2csc(Nc3ccccc3)n2)cc1. The third-order valence-corrected chi connectivity index (χ3v) is 6.96. The van der Waals surface area contributed by atoms with Crippen LogP contribution in [0.5, 0.6) is 5.75 Å². The number of ether oxygens (including phenoxy) is 1. The van der Waals surface area contributed by atoms with Crippen LogP contribution in [-0.4, -0.2) is 17.1 Å². The number of carbonyl (C=O) groups excluding carboxylic acids is 1. The van der Waals surface area contributed by atoms with E-state index >= 15 is 0 Å². The minimum absolute atomic E-state index is 0.301. The molecule has 0 saturated heterocycles. The minimum atomic E-state index is -0.313. The Morgan fingerprint density at radius 3 is 2.56 bits per heavy atom. The van der Waals surface area contributed by atoms with Crippen LogP contribution in [0, 0.1) is 0 Å². The van der Waals surface area contributed by atoms with Crippen molar-refractivity contribution in [2.24, 2.45) is 5.10 Å². The topological polar surface area (TPSA) is 75.6 Å². The highest BCUT2D eigenvalue weighted by atomic mass is 35.5. The average Bonchev–Trinajstić information content (AvgIpc) is 3.42. The van der Waals surface area contributed by atoms with Crippen LogP contribution in [0.1, 0.15) is 21.5 Å². The molecule has 0 aliphatic heterocycles. The molecule has 0 spiro atoms. The Kier molecular flexibility index (Phi) is 8.53. The molecule has 1 aromatic heterocycles. The lowest BCUT2D eigenvalue weighted by Gasteiger charge is -2.08. The molecule has 1 heterocycles. The number of halogens is 2. The zero-order valence-corrected chi connectivity index (χ0v) is 22.8. The van der Waals surface area contributed by atoms with Gasteiger partial charge in [-0.3, -0.25) is 4.79 Å². The molecule has 4 aromatic carbocycles. The van der Waals surface area contributed by atoms with Gasteiger partial charge in [0.2, 0.25) is 0 Å². The fraction of sp³-hybridized carbons (Fsp3) is 0.0333. The van der Waals surface area contributed by atoms with Crippen LogP contribution in [-0.2, 0) is 6.61 Å². The number of hydrazone groups is 1. The van der Waals surface area contributed by atoms with Crippen molar-refractivity contribution in [2.45, 2.75) is 6.61 Å². The monoisotopic (exact) mass is 572 g/mol. The van der Waals surface area contributed by atoms with Crippen molar-refractivity contribution in [3.8, 4) is 17.0 Å². The number of nitrogens with one attached hydrogen (secondary N) is 2. The molecule has 6 nitrogen and oxygen atoms in total. The van der Waals surface area contributed by atoms with Gasteiger partial charge in [-0.2, -0.15) is 5.10 Å². The normalized spacial score (nSPS) is 10.9. The third kappa shape index (κ3) is 7.23. The van der Waals surface area contributed by atoms with Gasteiger partial charge in [0, 0.05) is 37.8 Å². The van der Waals surface area contributed by atoms with Crippen molar-refractivity contribution in [1.29, 1.82) is 0 Å². The molecule has 0 radical (unpaired) electrons. The minimum Gasteiger partial charge on any atom is -0.489 e. The highest BCUT2D eigenvalue weighted by Gasteiger charge is 2.08. The van der Waals surface area contributed by atoms with Gasteiger partial charge in [0.15, 0.2) is 5.13 Å². The number of nitrogens with zero attached hydrogens (tertiary/aromatic N) is 2. The molecule has 0 saturated carbocycles. The summed E-state index contributed by atoms with van der Waals surface area (Å²) in [6.07, 6.45) is 1.56. The van der Waals surface area contributed by atoms with Crippen molar-refractivity contribution in [2.75, 3.05) is 5.32 Å². The van der Waals surface area contributed by atoms with Crippen molar-refractivity contribution in [1.82, 2.24) is 10.4 Å². The van der Waals surface area contributed by atoms with Gasteiger partial charge >= 0.3 is 0 Å². The van der Waals surface area contributed by atoms with Gasteiger partial charge in [0.05, 0.1) is 11.9 Å². The first-order chi connectivity index (χ1) is 19.0. The molecule has 39 heavy (non-hydrogen) atoms. The maximum atomic E-state index is 12.6. The average molecular weight is 574 g/mol. The number of benzene rings is 4.